The molecule has 20 heavy (non-hydrogen) atoms. The van der Waals surface area contributed by atoms with E-state index in [9.17, 15) is 4.79 Å². The van der Waals surface area contributed by atoms with Crippen LogP contribution >= 0.6 is 11.3 Å². The van der Waals surface area contributed by atoms with Gasteiger partial charge in [-0.05, 0) is 24.1 Å². The molecule has 3 rings (SSSR count). The summed E-state index contributed by atoms with van der Waals surface area (Å²) in [6.45, 7) is 0.791. The lowest BCUT2D eigenvalue weighted by molar-refractivity contribution is -0.116. The summed E-state index contributed by atoms with van der Waals surface area (Å²) in [6, 6.07) is 3.86. The fourth-order valence-corrected chi connectivity index (χ4v) is 2.88. The summed E-state index contributed by atoms with van der Waals surface area (Å²) < 4.78 is 0. The van der Waals surface area contributed by atoms with E-state index in [1.165, 1.54) is 0 Å². The number of thiazole rings is 1. The molecular weight excluding hydrogens is 272 g/mol. The normalized spacial score (nSPS) is 13.7. The zero-order valence-corrected chi connectivity index (χ0v) is 11.8. The molecule has 104 valence electrons. The highest BCUT2D eigenvalue weighted by Crippen LogP contribution is 2.30. The number of rotatable bonds is 4. The first-order chi connectivity index (χ1) is 9.72. The average molecular weight is 288 g/mol. The van der Waals surface area contributed by atoms with Gasteiger partial charge in [0.2, 0.25) is 5.91 Å². The molecule has 0 saturated carbocycles. The second-order valence-electron chi connectivity index (χ2n) is 4.80. The fraction of sp³-hybridized carbons (Fsp3) is 0.286. The molecule has 2 aromatic rings. The van der Waals surface area contributed by atoms with Crippen LogP contribution in [0.3, 0.4) is 0 Å². The Hall–Kier alpha value is -2.08. The lowest BCUT2D eigenvalue weighted by Crippen LogP contribution is -2.19. The first-order valence-electron chi connectivity index (χ1n) is 6.55. The highest BCUT2D eigenvalue weighted by Gasteiger charge is 2.16. The minimum atomic E-state index is 0.0566. The molecule has 1 amide bonds. The van der Waals surface area contributed by atoms with Crippen molar-refractivity contribution < 1.29 is 4.79 Å². The van der Waals surface area contributed by atoms with Gasteiger partial charge in [0.1, 0.15) is 0 Å². The molecule has 0 radical (unpaired) electrons. The molecule has 1 aromatic carbocycles. The Labute approximate surface area is 121 Å². The summed E-state index contributed by atoms with van der Waals surface area (Å²) in [6.07, 6.45) is 2.17. The number of hydrogen-bond acceptors (Lipinski definition) is 5. The van der Waals surface area contributed by atoms with Crippen LogP contribution < -0.4 is 16.4 Å². The Bertz CT molecular complexity index is 624. The summed E-state index contributed by atoms with van der Waals surface area (Å²) in [5, 5.41) is 8.24. The molecule has 1 aliphatic rings. The number of nitrogens with zero attached hydrogens (tertiary/aromatic N) is 1. The van der Waals surface area contributed by atoms with E-state index in [-0.39, 0.29) is 5.91 Å². The average Bonchev–Trinajstić information content (AvgIpc) is 2.93. The molecule has 0 atom stereocenters. The Morgan fingerprint density at radius 2 is 2.30 bits per heavy atom. The number of nitrogen functional groups attached to an aromatic ring is 1. The second kappa shape index (κ2) is 5.50. The van der Waals surface area contributed by atoms with Crippen molar-refractivity contribution in [3.05, 3.63) is 34.3 Å². The van der Waals surface area contributed by atoms with Gasteiger partial charge in [-0.15, -0.1) is 11.3 Å². The Balaban J connectivity index is 1.69. The monoisotopic (exact) mass is 288 g/mol. The van der Waals surface area contributed by atoms with Crippen LogP contribution in [0.2, 0.25) is 0 Å². The van der Waals surface area contributed by atoms with E-state index in [2.05, 4.69) is 15.6 Å². The molecule has 5 nitrogen and oxygen atoms in total. The molecule has 1 aliphatic heterocycles. The minimum absolute atomic E-state index is 0.0566. The zero-order valence-electron chi connectivity index (χ0n) is 11.0. The maximum atomic E-state index is 11.4. The number of carbonyl (C=O) groups is 1. The number of nitrogens with one attached hydrogen (secondary N) is 2. The van der Waals surface area contributed by atoms with Gasteiger partial charge in [0, 0.05) is 30.5 Å². The van der Waals surface area contributed by atoms with E-state index in [4.69, 9.17) is 5.73 Å². The molecule has 2 heterocycles. The Morgan fingerprint density at radius 3 is 3.10 bits per heavy atom. The van der Waals surface area contributed by atoms with Gasteiger partial charge in [0.05, 0.1) is 22.6 Å². The number of nitrogens with two attached hydrogens (primary N) is 1. The minimum Gasteiger partial charge on any atom is -0.397 e. The van der Waals surface area contributed by atoms with Crippen LogP contribution in [-0.4, -0.2) is 17.4 Å². The van der Waals surface area contributed by atoms with Crippen LogP contribution in [-0.2, 0) is 17.6 Å². The molecule has 0 fully saturated rings. The topological polar surface area (TPSA) is 80.0 Å². The number of aryl methyl sites for hydroxylation is 1. The van der Waals surface area contributed by atoms with Crippen LogP contribution in [0, 0.1) is 0 Å². The van der Waals surface area contributed by atoms with Crippen molar-refractivity contribution in [3.63, 3.8) is 0 Å². The van der Waals surface area contributed by atoms with Gasteiger partial charge in [-0.25, -0.2) is 4.98 Å². The van der Waals surface area contributed by atoms with Gasteiger partial charge in [0.25, 0.3) is 0 Å². The largest absolute Gasteiger partial charge is 0.397 e. The summed E-state index contributed by atoms with van der Waals surface area (Å²) in [5.41, 5.74) is 12.5. The number of anilines is 3. The number of benzene rings is 1. The molecule has 0 unspecified atom stereocenters. The van der Waals surface area contributed by atoms with Crippen LogP contribution in [0.15, 0.2) is 23.0 Å². The van der Waals surface area contributed by atoms with Crippen molar-refractivity contribution in [3.8, 4) is 0 Å². The predicted octanol–water partition coefficient (Wildman–Crippen LogP) is 2.26. The third-order valence-corrected chi connectivity index (χ3v) is 3.99. The van der Waals surface area contributed by atoms with Crippen LogP contribution in [0.25, 0.3) is 0 Å². The summed E-state index contributed by atoms with van der Waals surface area (Å²) in [5.74, 6) is 0.0566. The van der Waals surface area contributed by atoms with Gasteiger partial charge in [-0.2, -0.15) is 0 Å². The van der Waals surface area contributed by atoms with Gasteiger partial charge in [0.15, 0.2) is 0 Å². The van der Waals surface area contributed by atoms with Crippen molar-refractivity contribution in [1.82, 2.24) is 4.98 Å². The van der Waals surface area contributed by atoms with Crippen molar-refractivity contribution in [2.24, 2.45) is 0 Å². The number of fused-ring (bicyclic) bond motifs is 1. The standard InChI is InChI=1S/C14H16N4OS/c15-11-6-12-9(1-2-14(19)18-12)5-13(11)16-4-3-10-7-20-8-17-10/h5-8,16H,1-4,15H2,(H,18,19). The smallest absolute Gasteiger partial charge is 0.224 e. The molecule has 4 N–H and O–H groups in total. The first kappa shape index (κ1) is 12.9. The van der Waals surface area contributed by atoms with Crippen molar-refractivity contribution >= 4 is 34.3 Å². The van der Waals surface area contributed by atoms with E-state index in [1.807, 2.05) is 23.0 Å². The highest BCUT2D eigenvalue weighted by atomic mass is 32.1. The van der Waals surface area contributed by atoms with Crippen LogP contribution in [0.5, 0.6) is 0 Å². The fourth-order valence-electron chi connectivity index (χ4n) is 2.28. The lowest BCUT2D eigenvalue weighted by atomic mass is 10.0. The molecular formula is C14H16N4OS. The summed E-state index contributed by atoms with van der Waals surface area (Å²) in [4.78, 5) is 15.6. The number of amides is 1. The van der Waals surface area contributed by atoms with Gasteiger partial charge in [-0.1, -0.05) is 0 Å². The van der Waals surface area contributed by atoms with Crippen molar-refractivity contribution in [1.29, 1.82) is 0 Å². The highest BCUT2D eigenvalue weighted by molar-refractivity contribution is 7.07. The van der Waals surface area contributed by atoms with E-state index < -0.39 is 0 Å². The third-order valence-electron chi connectivity index (χ3n) is 3.35. The van der Waals surface area contributed by atoms with Crippen molar-refractivity contribution in [2.45, 2.75) is 19.3 Å². The number of hydrogen-bond donors (Lipinski definition) is 3. The maximum absolute atomic E-state index is 11.4. The quantitative estimate of drug-likeness (QED) is 0.754. The van der Waals surface area contributed by atoms with E-state index in [0.717, 1.165) is 42.0 Å². The first-order valence-corrected chi connectivity index (χ1v) is 7.50. The third kappa shape index (κ3) is 2.75. The number of aromatic nitrogens is 1. The zero-order chi connectivity index (χ0) is 13.9. The Morgan fingerprint density at radius 1 is 1.40 bits per heavy atom. The molecule has 0 spiro atoms. The molecule has 0 bridgehead atoms. The van der Waals surface area contributed by atoms with Crippen LogP contribution in [0.1, 0.15) is 17.7 Å². The molecule has 0 aliphatic carbocycles. The van der Waals surface area contributed by atoms with E-state index in [0.29, 0.717) is 12.1 Å². The molecule has 6 heteroatoms. The number of carbonyl (C=O) groups excluding carboxylic acids is 1. The van der Waals surface area contributed by atoms with Crippen LogP contribution in [0.4, 0.5) is 17.1 Å². The SMILES string of the molecule is Nc1cc2c(cc1NCCc1cscn1)CCC(=O)N2. The molecule has 0 saturated heterocycles. The molecule has 1 aromatic heterocycles. The van der Waals surface area contributed by atoms with Gasteiger partial charge >= 0.3 is 0 Å². The maximum Gasteiger partial charge on any atom is 0.224 e. The lowest BCUT2D eigenvalue weighted by Gasteiger charge is -2.19. The Kier molecular flexibility index (Phi) is 3.56. The summed E-state index contributed by atoms with van der Waals surface area (Å²) >= 11 is 1.60. The van der Waals surface area contributed by atoms with Crippen molar-refractivity contribution in [2.75, 3.05) is 22.9 Å². The predicted molar refractivity (Wildman–Crippen MR) is 82.1 cm³/mol. The summed E-state index contributed by atoms with van der Waals surface area (Å²) in [7, 11) is 0. The van der Waals surface area contributed by atoms with Gasteiger partial charge < -0.3 is 16.4 Å². The van der Waals surface area contributed by atoms with Gasteiger partial charge in [-0.3, -0.25) is 4.79 Å². The second-order valence-corrected chi connectivity index (χ2v) is 5.52. The van der Waals surface area contributed by atoms with E-state index >= 15 is 0 Å². The van der Waals surface area contributed by atoms with E-state index in [1.54, 1.807) is 11.3 Å².